The predicted octanol–water partition coefficient (Wildman–Crippen LogP) is 4.24. The largest absolute Gasteiger partial charge is 0.483 e. The van der Waals surface area contributed by atoms with Gasteiger partial charge in [0.05, 0.1) is 19.3 Å². The number of hydrogen-bond acceptors (Lipinski definition) is 6. The fraction of sp³-hybridized carbons (Fsp3) is 0.360. The van der Waals surface area contributed by atoms with Gasteiger partial charge >= 0.3 is 0 Å². The van der Waals surface area contributed by atoms with Gasteiger partial charge in [0.15, 0.2) is 6.61 Å². The monoisotopic (exact) mass is 451 g/mol. The first kappa shape index (κ1) is 22.5. The van der Waals surface area contributed by atoms with Gasteiger partial charge in [0, 0.05) is 36.8 Å². The molecule has 2 aromatic carbocycles. The molecule has 1 atom stereocenters. The third-order valence-electron chi connectivity index (χ3n) is 5.77. The number of morpholine rings is 1. The number of benzene rings is 2. The Balaban J connectivity index is 1.53. The zero-order valence-corrected chi connectivity index (χ0v) is 19.4. The number of thiazole rings is 1. The molecule has 1 aliphatic rings. The van der Waals surface area contributed by atoms with Crippen LogP contribution in [0.4, 0.5) is 0 Å². The van der Waals surface area contributed by atoms with Crippen molar-refractivity contribution in [2.24, 2.45) is 0 Å². The molecule has 0 spiro atoms. The lowest BCUT2D eigenvalue weighted by Gasteiger charge is -2.27. The molecular formula is C25H29N3O3S. The van der Waals surface area contributed by atoms with Gasteiger partial charge < -0.3 is 14.4 Å². The predicted molar refractivity (Wildman–Crippen MR) is 127 cm³/mol. The van der Waals surface area contributed by atoms with Crippen LogP contribution in [0.5, 0.6) is 5.75 Å². The minimum atomic E-state index is -0.00380. The number of carbonyl (C=O) groups excluding carboxylic acids is 1. The number of carbonyl (C=O) groups is 1. The highest BCUT2D eigenvalue weighted by atomic mass is 32.1. The summed E-state index contributed by atoms with van der Waals surface area (Å²) in [6.45, 7) is 5.28. The van der Waals surface area contributed by atoms with Crippen LogP contribution in [-0.4, -0.2) is 60.6 Å². The highest BCUT2D eigenvalue weighted by molar-refractivity contribution is 7.09. The summed E-state index contributed by atoms with van der Waals surface area (Å²) >= 11 is 1.66. The van der Waals surface area contributed by atoms with E-state index in [1.165, 1.54) is 0 Å². The summed E-state index contributed by atoms with van der Waals surface area (Å²) in [5, 5.41) is 3.08. The van der Waals surface area contributed by atoms with E-state index in [0.717, 1.165) is 27.4 Å². The van der Waals surface area contributed by atoms with Gasteiger partial charge in [0.1, 0.15) is 10.8 Å². The Labute approximate surface area is 193 Å². The molecule has 4 rings (SSSR count). The number of nitrogens with zero attached hydrogens (tertiary/aromatic N) is 3. The van der Waals surface area contributed by atoms with Crippen LogP contribution in [-0.2, 0) is 16.1 Å². The van der Waals surface area contributed by atoms with Crippen molar-refractivity contribution < 1.29 is 14.3 Å². The maximum Gasteiger partial charge on any atom is 0.260 e. The lowest BCUT2D eigenvalue weighted by molar-refractivity contribution is -0.137. The van der Waals surface area contributed by atoms with Crippen LogP contribution in [0.25, 0.3) is 11.1 Å². The Kier molecular flexibility index (Phi) is 7.52. The molecule has 1 aromatic heterocycles. The van der Waals surface area contributed by atoms with Gasteiger partial charge in [-0.25, -0.2) is 4.98 Å². The van der Waals surface area contributed by atoms with Gasteiger partial charge in [-0.2, -0.15) is 0 Å². The maximum absolute atomic E-state index is 12.6. The maximum atomic E-state index is 12.6. The van der Waals surface area contributed by atoms with E-state index in [4.69, 9.17) is 9.47 Å². The zero-order chi connectivity index (χ0) is 22.3. The number of ether oxygens (including phenoxy) is 2. The first-order valence-electron chi connectivity index (χ1n) is 10.9. The van der Waals surface area contributed by atoms with E-state index < -0.39 is 0 Å². The standard InChI is InChI=1S/C25H29N3O3S/c1-19(25-26-10-15-32-25)27(2)17-22-16-21(20-6-4-3-5-7-20)8-9-23(22)31-18-24(29)28-11-13-30-14-12-28/h3-10,15-16,19H,11-14,17-18H2,1-2H3/t19-/m1/s1. The molecule has 0 unspecified atom stereocenters. The molecule has 7 heteroatoms. The molecule has 32 heavy (non-hydrogen) atoms. The first-order valence-corrected chi connectivity index (χ1v) is 11.8. The van der Waals surface area contributed by atoms with Crippen molar-refractivity contribution >= 4 is 17.2 Å². The molecule has 168 valence electrons. The van der Waals surface area contributed by atoms with Crippen molar-refractivity contribution in [1.29, 1.82) is 0 Å². The Morgan fingerprint density at radius 2 is 1.97 bits per heavy atom. The van der Waals surface area contributed by atoms with Gasteiger partial charge in [-0.15, -0.1) is 11.3 Å². The highest BCUT2D eigenvalue weighted by Gasteiger charge is 2.20. The SMILES string of the molecule is C[C@H](c1nccs1)N(C)Cc1cc(-c2ccccc2)ccc1OCC(=O)N1CCOCC1. The van der Waals surface area contributed by atoms with Crippen LogP contribution in [0.1, 0.15) is 23.5 Å². The Morgan fingerprint density at radius 1 is 1.19 bits per heavy atom. The van der Waals surface area contributed by atoms with Crippen LogP contribution in [0, 0.1) is 0 Å². The van der Waals surface area contributed by atoms with Gasteiger partial charge in [0.25, 0.3) is 5.91 Å². The lowest BCUT2D eigenvalue weighted by Crippen LogP contribution is -2.43. The molecule has 0 saturated carbocycles. The van der Waals surface area contributed by atoms with Gasteiger partial charge in [-0.1, -0.05) is 36.4 Å². The highest BCUT2D eigenvalue weighted by Crippen LogP contribution is 2.30. The minimum Gasteiger partial charge on any atom is -0.483 e. The van der Waals surface area contributed by atoms with E-state index in [1.54, 1.807) is 16.2 Å². The van der Waals surface area contributed by atoms with Crippen LogP contribution >= 0.6 is 11.3 Å². The summed E-state index contributed by atoms with van der Waals surface area (Å²) in [7, 11) is 2.09. The summed E-state index contributed by atoms with van der Waals surface area (Å²) < 4.78 is 11.4. The molecule has 1 aliphatic heterocycles. The second-order valence-electron chi connectivity index (χ2n) is 7.93. The number of hydrogen-bond donors (Lipinski definition) is 0. The quantitative estimate of drug-likeness (QED) is 0.513. The molecule has 2 heterocycles. The smallest absolute Gasteiger partial charge is 0.260 e. The number of aromatic nitrogens is 1. The normalized spacial score (nSPS) is 15.0. The molecule has 1 saturated heterocycles. The van der Waals surface area contributed by atoms with E-state index in [-0.39, 0.29) is 18.6 Å². The van der Waals surface area contributed by atoms with Crippen molar-refractivity contribution in [2.45, 2.75) is 19.5 Å². The Hall–Kier alpha value is -2.74. The van der Waals surface area contributed by atoms with E-state index >= 15 is 0 Å². The first-order chi connectivity index (χ1) is 15.6. The Morgan fingerprint density at radius 3 is 2.69 bits per heavy atom. The summed E-state index contributed by atoms with van der Waals surface area (Å²) in [5.41, 5.74) is 3.33. The van der Waals surface area contributed by atoms with Crippen LogP contribution < -0.4 is 4.74 Å². The van der Waals surface area contributed by atoms with E-state index in [9.17, 15) is 4.79 Å². The summed E-state index contributed by atoms with van der Waals surface area (Å²) in [6.07, 6.45) is 1.84. The lowest BCUT2D eigenvalue weighted by atomic mass is 10.0. The van der Waals surface area contributed by atoms with E-state index in [0.29, 0.717) is 32.8 Å². The summed E-state index contributed by atoms with van der Waals surface area (Å²) in [4.78, 5) is 21.1. The molecular weight excluding hydrogens is 422 g/mol. The molecule has 0 N–H and O–H groups in total. The molecule has 1 fully saturated rings. The topological polar surface area (TPSA) is 54.9 Å². The second kappa shape index (κ2) is 10.7. The van der Waals surface area contributed by atoms with E-state index in [2.05, 4.69) is 48.1 Å². The molecule has 0 aliphatic carbocycles. The molecule has 0 bridgehead atoms. The third kappa shape index (κ3) is 5.54. The number of rotatable bonds is 8. The molecule has 3 aromatic rings. The average molecular weight is 452 g/mol. The van der Waals surface area contributed by atoms with Gasteiger partial charge in [-0.3, -0.25) is 9.69 Å². The van der Waals surface area contributed by atoms with Crippen molar-refractivity contribution in [2.75, 3.05) is 40.0 Å². The van der Waals surface area contributed by atoms with Crippen molar-refractivity contribution in [1.82, 2.24) is 14.8 Å². The fourth-order valence-electron chi connectivity index (χ4n) is 3.73. The fourth-order valence-corrected chi connectivity index (χ4v) is 4.49. The van der Waals surface area contributed by atoms with Crippen LogP contribution in [0.3, 0.4) is 0 Å². The molecule has 0 radical (unpaired) electrons. The zero-order valence-electron chi connectivity index (χ0n) is 18.6. The van der Waals surface area contributed by atoms with Gasteiger partial charge in [-0.05, 0) is 37.2 Å². The van der Waals surface area contributed by atoms with Crippen LogP contribution in [0.2, 0.25) is 0 Å². The van der Waals surface area contributed by atoms with Crippen LogP contribution in [0.15, 0.2) is 60.1 Å². The summed E-state index contributed by atoms with van der Waals surface area (Å²) in [6, 6.07) is 16.7. The third-order valence-corrected chi connectivity index (χ3v) is 6.72. The van der Waals surface area contributed by atoms with Crippen molar-refractivity contribution in [3.63, 3.8) is 0 Å². The van der Waals surface area contributed by atoms with Crippen molar-refractivity contribution in [3.05, 3.63) is 70.7 Å². The number of amides is 1. The van der Waals surface area contributed by atoms with Crippen molar-refractivity contribution in [3.8, 4) is 16.9 Å². The summed E-state index contributed by atoms with van der Waals surface area (Å²) in [5.74, 6) is 0.736. The average Bonchev–Trinajstić information content (AvgIpc) is 3.38. The second-order valence-corrected chi connectivity index (χ2v) is 8.86. The minimum absolute atomic E-state index is 0.00380. The van der Waals surface area contributed by atoms with Gasteiger partial charge in [0.2, 0.25) is 0 Å². The molecule has 1 amide bonds. The van der Waals surface area contributed by atoms with E-state index in [1.807, 2.05) is 35.8 Å². The Bertz CT molecular complexity index is 1000. The molecule has 6 nitrogen and oxygen atoms in total.